The monoisotopic (exact) mass is 511 g/mol. The van der Waals surface area contributed by atoms with Crippen molar-refractivity contribution in [3.8, 4) is 5.75 Å². The Labute approximate surface area is 204 Å². The maximum absolute atomic E-state index is 15.5. The Bertz CT molecular complexity index is 1210. The summed E-state index contributed by atoms with van der Waals surface area (Å²) in [6.07, 6.45) is -4.11. The standard InChI is InChI=1S/C26H27F6N3O/c1-15-9-19-18-5-2-3-6-22(18)33-24(19)25(35(15)14-26(30,31)32)23-20(28)10-16(11-21(23)29)36-17-12-34(13-17)8-4-7-27/h2-3,5-6,10-11,15,17,25,33H,4,7-9,12-14H2,1H3/t15-,25-/m1/s1. The van der Waals surface area contributed by atoms with Crippen LogP contribution in [0.1, 0.15) is 36.2 Å². The van der Waals surface area contributed by atoms with E-state index in [9.17, 15) is 17.6 Å². The lowest BCUT2D eigenvalue weighted by atomic mass is 9.88. The number of halogens is 6. The van der Waals surface area contributed by atoms with Crippen molar-refractivity contribution in [2.45, 2.75) is 44.1 Å². The Hall–Kier alpha value is -2.72. The van der Waals surface area contributed by atoms with Gasteiger partial charge in [-0.2, -0.15) is 13.2 Å². The molecule has 1 aromatic heterocycles. The maximum Gasteiger partial charge on any atom is 0.401 e. The number of ether oxygens (including phenoxy) is 1. The third-order valence-corrected chi connectivity index (χ3v) is 7.04. The lowest BCUT2D eigenvalue weighted by Crippen LogP contribution is -2.53. The van der Waals surface area contributed by atoms with Crippen LogP contribution in [0.4, 0.5) is 26.3 Å². The summed E-state index contributed by atoms with van der Waals surface area (Å²) < 4.78 is 89.7. The number of aromatic amines is 1. The first-order valence-electron chi connectivity index (χ1n) is 12.0. The lowest BCUT2D eigenvalue weighted by molar-refractivity contribution is -0.155. The molecule has 0 radical (unpaired) electrons. The topological polar surface area (TPSA) is 31.5 Å². The second kappa shape index (κ2) is 9.63. The molecular weight excluding hydrogens is 484 g/mol. The molecule has 2 aliphatic rings. The Morgan fingerprint density at radius 1 is 1.08 bits per heavy atom. The Balaban J connectivity index is 1.50. The SMILES string of the molecule is C[C@@H]1Cc2c([nH]c3ccccc23)[C@@H](c2c(F)cc(OC3CN(CCCF)C3)cc2F)N1CC(F)(F)F. The number of fused-ring (bicyclic) bond motifs is 3. The van der Waals surface area contributed by atoms with E-state index < -0.39 is 48.7 Å². The first-order chi connectivity index (χ1) is 17.1. The van der Waals surface area contributed by atoms with Gasteiger partial charge in [-0.05, 0) is 31.4 Å². The third-order valence-electron chi connectivity index (χ3n) is 7.04. The Morgan fingerprint density at radius 3 is 2.44 bits per heavy atom. The second-order valence-electron chi connectivity index (χ2n) is 9.65. The number of hydrogen-bond donors (Lipinski definition) is 1. The maximum atomic E-state index is 15.5. The Kier molecular flexibility index (Phi) is 6.67. The van der Waals surface area contributed by atoms with Crippen LogP contribution in [0.3, 0.4) is 0 Å². The molecule has 2 aromatic carbocycles. The number of para-hydroxylation sites is 1. The molecule has 1 fully saturated rings. The number of hydrogen-bond acceptors (Lipinski definition) is 3. The van der Waals surface area contributed by atoms with Crippen LogP contribution in [0, 0.1) is 11.6 Å². The fraction of sp³-hybridized carbons (Fsp3) is 0.462. The molecule has 0 saturated carbocycles. The molecule has 0 bridgehead atoms. The van der Waals surface area contributed by atoms with Crippen molar-refractivity contribution in [3.05, 3.63) is 64.9 Å². The predicted molar refractivity (Wildman–Crippen MR) is 124 cm³/mol. The molecule has 5 rings (SSSR count). The fourth-order valence-corrected chi connectivity index (χ4v) is 5.42. The highest BCUT2D eigenvalue weighted by atomic mass is 19.4. The fourth-order valence-electron chi connectivity index (χ4n) is 5.42. The zero-order valence-electron chi connectivity index (χ0n) is 19.7. The average Bonchev–Trinajstić information content (AvgIpc) is 3.14. The highest BCUT2D eigenvalue weighted by Crippen LogP contribution is 2.44. The minimum absolute atomic E-state index is 0.0213. The highest BCUT2D eigenvalue weighted by Gasteiger charge is 2.44. The summed E-state index contributed by atoms with van der Waals surface area (Å²) in [5.41, 5.74) is 1.40. The summed E-state index contributed by atoms with van der Waals surface area (Å²) in [6.45, 7) is 1.54. The molecule has 2 aliphatic heterocycles. The second-order valence-corrected chi connectivity index (χ2v) is 9.65. The molecule has 0 aliphatic carbocycles. The molecule has 194 valence electrons. The normalized spacial score (nSPS) is 21.5. The van der Waals surface area contributed by atoms with Gasteiger partial charge < -0.3 is 9.72 Å². The number of nitrogens with zero attached hydrogens (tertiary/aromatic N) is 2. The van der Waals surface area contributed by atoms with Gasteiger partial charge in [0.1, 0.15) is 23.5 Å². The Morgan fingerprint density at radius 2 is 1.78 bits per heavy atom. The summed E-state index contributed by atoms with van der Waals surface area (Å²) in [6, 6.07) is 7.45. The summed E-state index contributed by atoms with van der Waals surface area (Å²) >= 11 is 0. The van der Waals surface area contributed by atoms with E-state index in [1.165, 1.54) is 0 Å². The van der Waals surface area contributed by atoms with Gasteiger partial charge in [-0.1, -0.05) is 18.2 Å². The van der Waals surface area contributed by atoms with Crippen molar-refractivity contribution in [3.63, 3.8) is 0 Å². The van der Waals surface area contributed by atoms with Crippen molar-refractivity contribution in [2.75, 3.05) is 32.9 Å². The molecule has 36 heavy (non-hydrogen) atoms. The van der Waals surface area contributed by atoms with E-state index in [1.807, 2.05) is 17.0 Å². The first kappa shape index (κ1) is 25.0. The van der Waals surface area contributed by atoms with Crippen LogP contribution in [0.5, 0.6) is 5.75 Å². The highest BCUT2D eigenvalue weighted by molar-refractivity contribution is 5.85. The van der Waals surface area contributed by atoms with Gasteiger partial charge in [0, 0.05) is 60.0 Å². The number of likely N-dealkylation sites (tertiary alicyclic amines) is 1. The van der Waals surface area contributed by atoms with Crippen molar-refractivity contribution < 1.29 is 31.1 Å². The number of alkyl halides is 4. The van der Waals surface area contributed by atoms with Crippen molar-refractivity contribution in [1.82, 2.24) is 14.8 Å². The summed E-state index contributed by atoms with van der Waals surface area (Å²) in [7, 11) is 0. The van der Waals surface area contributed by atoms with Crippen molar-refractivity contribution in [1.29, 1.82) is 0 Å². The first-order valence-corrected chi connectivity index (χ1v) is 12.0. The number of nitrogens with one attached hydrogen (secondary N) is 1. The molecule has 3 aromatic rings. The molecular formula is C26H27F6N3O. The summed E-state index contributed by atoms with van der Waals surface area (Å²) in [5.74, 6) is -1.95. The van der Waals surface area contributed by atoms with E-state index >= 15 is 8.78 Å². The van der Waals surface area contributed by atoms with Crippen LogP contribution in [-0.2, 0) is 6.42 Å². The van der Waals surface area contributed by atoms with Crippen LogP contribution in [0.25, 0.3) is 10.9 Å². The van der Waals surface area contributed by atoms with Crippen LogP contribution in [-0.4, -0.2) is 66.0 Å². The molecule has 0 unspecified atom stereocenters. The van der Waals surface area contributed by atoms with Gasteiger partial charge in [0.15, 0.2) is 0 Å². The average molecular weight is 512 g/mol. The lowest BCUT2D eigenvalue weighted by Gasteiger charge is -2.41. The quantitative estimate of drug-likeness (QED) is 0.409. The van der Waals surface area contributed by atoms with E-state index in [2.05, 4.69) is 4.98 Å². The number of aromatic nitrogens is 1. The minimum Gasteiger partial charge on any atom is -0.488 e. The van der Waals surface area contributed by atoms with Gasteiger partial charge in [0.05, 0.1) is 19.3 Å². The molecule has 0 amide bonds. The molecule has 4 nitrogen and oxygen atoms in total. The van der Waals surface area contributed by atoms with E-state index in [0.29, 0.717) is 43.7 Å². The summed E-state index contributed by atoms with van der Waals surface area (Å²) in [4.78, 5) is 6.22. The van der Waals surface area contributed by atoms with E-state index in [1.54, 1.807) is 19.1 Å². The molecule has 3 heterocycles. The molecule has 10 heteroatoms. The number of H-pyrrole nitrogens is 1. The van der Waals surface area contributed by atoms with Gasteiger partial charge in [0.25, 0.3) is 0 Å². The number of benzene rings is 2. The van der Waals surface area contributed by atoms with Crippen LogP contribution < -0.4 is 4.74 Å². The predicted octanol–water partition coefficient (Wildman–Crippen LogP) is 5.77. The zero-order chi connectivity index (χ0) is 25.6. The molecule has 2 atom stereocenters. The zero-order valence-corrected chi connectivity index (χ0v) is 19.7. The van der Waals surface area contributed by atoms with E-state index in [0.717, 1.165) is 28.0 Å². The van der Waals surface area contributed by atoms with Crippen LogP contribution in [0.2, 0.25) is 0 Å². The largest absolute Gasteiger partial charge is 0.488 e. The van der Waals surface area contributed by atoms with Crippen molar-refractivity contribution >= 4 is 10.9 Å². The smallest absolute Gasteiger partial charge is 0.401 e. The van der Waals surface area contributed by atoms with E-state index in [4.69, 9.17) is 4.74 Å². The van der Waals surface area contributed by atoms with Gasteiger partial charge >= 0.3 is 6.18 Å². The molecule has 1 saturated heterocycles. The van der Waals surface area contributed by atoms with Gasteiger partial charge in [0.2, 0.25) is 0 Å². The van der Waals surface area contributed by atoms with Gasteiger partial charge in [-0.25, -0.2) is 8.78 Å². The number of rotatable bonds is 7. The van der Waals surface area contributed by atoms with Crippen LogP contribution in [0.15, 0.2) is 36.4 Å². The van der Waals surface area contributed by atoms with E-state index in [-0.39, 0.29) is 11.9 Å². The minimum atomic E-state index is -4.55. The van der Waals surface area contributed by atoms with Gasteiger partial charge in [-0.3, -0.25) is 14.2 Å². The third kappa shape index (κ3) is 4.80. The van der Waals surface area contributed by atoms with Crippen LogP contribution >= 0.6 is 0 Å². The van der Waals surface area contributed by atoms with Gasteiger partial charge in [-0.15, -0.1) is 0 Å². The molecule has 1 N–H and O–H groups in total. The molecule has 0 spiro atoms. The van der Waals surface area contributed by atoms with Crippen molar-refractivity contribution in [2.24, 2.45) is 0 Å². The summed E-state index contributed by atoms with van der Waals surface area (Å²) in [5, 5.41) is 0.832.